The molecule has 8 heteroatoms. The zero-order valence-corrected chi connectivity index (χ0v) is 14.8. The van der Waals surface area contributed by atoms with Gasteiger partial charge in [-0.3, -0.25) is 0 Å². The third kappa shape index (κ3) is 5.82. The fourth-order valence-corrected chi connectivity index (χ4v) is 4.10. The van der Waals surface area contributed by atoms with Crippen molar-refractivity contribution in [2.75, 3.05) is 7.11 Å². The summed E-state index contributed by atoms with van der Waals surface area (Å²) in [5.74, 6) is -1.20. The molecule has 2 rings (SSSR count). The van der Waals surface area contributed by atoms with Gasteiger partial charge in [0.1, 0.15) is 18.1 Å². The van der Waals surface area contributed by atoms with Gasteiger partial charge in [-0.05, 0) is 37.5 Å². The number of halogens is 2. The maximum Gasteiger partial charge on any atom is 0.415 e. The maximum absolute atomic E-state index is 13.9. The summed E-state index contributed by atoms with van der Waals surface area (Å²) >= 11 is -0.408. The Morgan fingerprint density at radius 3 is 1.96 bits per heavy atom. The second-order valence-electron chi connectivity index (χ2n) is 6.57. The Hall–Kier alpha value is -0.440. The summed E-state index contributed by atoms with van der Waals surface area (Å²) in [4.78, 5) is 16.0. The lowest BCUT2D eigenvalue weighted by Crippen LogP contribution is -2.40. The lowest BCUT2D eigenvalue weighted by Gasteiger charge is -2.37. The minimum absolute atomic E-state index is 0.183. The van der Waals surface area contributed by atoms with Crippen molar-refractivity contribution in [2.24, 2.45) is 11.8 Å². The molecular formula is C16H26F2O5S. The van der Waals surface area contributed by atoms with Crippen LogP contribution in [-0.4, -0.2) is 24.4 Å². The van der Waals surface area contributed by atoms with Crippen molar-refractivity contribution >= 4 is 18.0 Å². The number of alkyl halides is 2. The number of carbonyl (C=O) groups is 1. The Balaban J connectivity index is 1.98. The molecular weight excluding hydrogens is 342 g/mol. The van der Waals surface area contributed by atoms with Crippen LogP contribution in [0.15, 0.2) is 0 Å². The highest BCUT2D eigenvalue weighted by atomic mass is 32.2. The van der Waals surface area contributed by atoms with Crippen LogP contribution in [0.25, 0.3) is 0 Å². The Morgan fingerprint density at radius 2 is 1.50 bits per heavy atom. The van der Waals surface area contributed by atoms with Crippen LogP contribution in [0.5, 0.6) is 0 Å². The summed E-state index contributed by atoms with van der Waals surface area (Å²) in [6.07, 6.45) is 9.95. The molecule has 24 heavy (non-hydrogen) atoms. The molecule has 0 spiro atoms. The summed E-state index contributed by atoms with van der Waals surface area (Å²) in [5.41, 5.74) is 0. The summed E-state index contributed by atoms with van der Waals surface area (Å²) in [6, 6.07) is 0. The molecule has 140 valence electrons. The normalized spacial score (nSPS) is 21.2. The highest BCUT2D eigenvalue weighted by molar-refractivity contribution is 7.96. The van der Waals surface area contributed by atoms with E-state index in [4.69, 9.17) is 4.74 Å². The van der Waals surface area contributed by atoms with Gasteiger partial charge in [0.05, 0.1) is 7.11 Å². The first kappa shape index (κ1) is 19.9. The highest BCUT2D eigenvalue weighted by Crippen LogP contribution is 2.39. The monoisotopic (exact) mass is 368 g/mol. The first-order chi connectivity index (χ1) is 11.5. The zero-order valence-electron chi connectivity index (χ0n) is 14.0. The van der Waals surface area contributed by atoms with Gasteiger partial charge < -0.3 is 4.74 Å². The lowest BCUT2D eigenvalue weighted by molar-refractivity contribution is -0.448. The van der Waals surface area contributed by atoms with E-state index in [0.29, 0.717) is 0 Å². The third-order valence-corrected chi connectivity index (χ3v) is 5.44. The number of hydrogen-bond donors (Lipinski definition) is 0. The summed E-state index contributed by atoms with van der Waals surface area (Å²) in [5, 5.41) is 0.0991. The fourth-order valence-electron chi connectivity index (χ4n) is 3.81. The first-order valence-corrected chi connectivity index (χ1v) is 9.43. The predicted molar refractivity (Wildman–Crippen MR) is 84.7 cm³/mol. The van der Waals surface area contributed by atoms with Gasteiger partial charge in [-0.2, -0.15) is 8.78 Å². The van der Waals surface area contributed by atoms with Crippen LogP contribution >= 0.6 is 12.0 Å². The molecule has 2 saturated carbocycles. The summed E-state index contributed by atoms with van der Waals surface area (Å²) in [6.45, 7) is 0. The molecule has 0 radical (unpaired) electrons. The topological polar surface area (TPSA) is 54.0 Å². The molecule has 2 fully saturated rings. The van der Waals surface area contributed by atoms with E-state index < -0.39 is 29.4 Å². The Labute approximate surface area is 145 Å². The van der Waals surface area contributed by atoms with Crippen LogP contribution in [0.4, 0.5) is 8.78 Å². The molecule has 2 aliphatic rings. The number of ether oxygens (including phenoxy) is 1. The molecule has 0 bridgehead atoms. The van der Waals surface area contributed by atoms with E-state index in [9.17, 15) is 13.6 Å². The number of hydrogen-bond acceptors (Lipinski definition) is 6. The Bertz CT molecular complexity index is 367. The van der Waals surface area contributed by atoms with Crippen LogP contribution in [-0.2, 0) is 23.8 Å². The minimum atomic E-state index is -3.83. The van der Waals surface area contributed by atoms with Gasteiger partial charge in [0.15, 0.2) is 0 Å². The molecule has 0 unspecified atom stereocenters. The second kappa shape index (κ2) is 9.89. The summed E-state index contributed by atoms with van der Waals surface area (Å²) in [7, 11) is 1.11. The van der Waals surface area contributed by atoms with Crippen LogP contribution in [0.2, 0.25) is 0 Å². The molecule has 0 saturated heterocycles. The van der Waals surface area contributed by atoms with Crippen LogP contribution in [0.3, 0.4) is 0 Å². The molecule has 0 heterocycles. The molecule has 0 N–H and O–H groups in total. The number of rotatable bonds is 8. The lowest BCUT2D eigenvalue weighted by atomic mass is 9.75. The average molecular weight is 368 g/mol. The van der Waals surface area contributed by atoms with Gasteiger partial charge in [-0.25, -0.2) is 9.68 Å². The van der Waals surface area contributed by atoms with Crippen molar-refractivity contribution in [2.45, 2.75) is 75.6 Å². The molecule has 2 aliphatic carbocycles. The van der Waals surface area contributed by atoms with Crippen LogP contribution < -0.4 is 0 Å². The minimum Gasteiger partial charge on any atom is -0.457 e. The molecule has 0 aliphatic heterocycles. The van der Waals surface area contributed by atoms with Gasteiger partial charge in [0, 0.05) is 0 Å². The van der Waals surface area contributed by atoms with Crippen LogP contribution in [0, 0.1) is 11.8 Å². The van der Waals surface area contributed by atoms with Crippen molar-refractivity contribution in [3.05, 3.63) is 0 Å². The Morgan fingerprint density at radius 1 is 1.00 bits per heavy atom. The number of esters is 1. The van der Waals surface area contributed by atoms with Crippen molar-refractivity contribution in [3.63, 3.8) is 0 Å². The standard InChI is InChI=1S/C16H26F2O5S/c1-20-22-23-24-16(17,18)15(19)21-14(12-8-4-2-5-9-12)13-10-6-3-7-11-13/h12-14H,2-11H2,1H3. The highest BCUT2D eigenvalue weighted by Gasteiger charge is 2.47. The smallest absolute Gasteiger partial charge is 0.415 e. The van der Waals surface area contributed by atoms with E-state index >= 15 is 0 Å². The number of carbonyl (C=O) groups excluding carboxylic acids is 1. The largest absolute Gasteiger partial charge is 0.457 e. The van der Waals surface area contributed by atoms with E-state index in [1.807, 2.05) is 0 Å². The van der Waals surface area contributed by atoms with Gasteiger partial charge in [-0.15, -0.1) is 4.33 Å². The maximum atomic E-state index is 13.9. The molecule has 0 aromatic rings. The SMILES string of the molecule is COOOSC(F)(F)C(=O)OC(C1CCCCC1)C1CCCCC1. The third-order valence-electron chi connectivity index (χ3n) is 4.94. The van der Waals surface area contributed by atoms with Gasteiger partial charge >= 0.3 is 11.2 Å². The first-order valence-electron chi connectivity index (χ1n) is 8.68. The van der Waals surface area contributed by atoms with E-state index in [-0.39, 0.29) is 11.8 Å². The van der Waals surface area contributed by atoms with Gasteiger partial charge in [0.2, 0.25) is 0 Å². The molecule has 0 aromatic carbocycles. The van der Waals surface area contributed by atoms with Crippen molar-refractivity contribution in [1.29, 1.82) is 0 Å². The second-order valence-corrected chi connectivity index (χ2v) is 7.38. The average Bonchev–Trinajstić information content (AvgIpc) is 2.61. The van der Waals surface area contributed by atoms with Gasteiger partial charge in [-0.1, -0.05) is 43.6 Å². The van der Waals surface area contributed by atoms with E-state index in [0.717, 1.165) is 71.3 Å². The van der Waals surface area contributed by atoms with Gasteiger partial charge in [0.25, 0.3) is 0 Å². The predicted octanol–water partition coefficient (Wildman–Crippen LogP) is 4.81. The molecule has 0 aromatic heterocycles. The van der Waals surface area contributed by atoms with E-state index in [2.05, 4.69) is 14.3 Å². The quantitative estimate of drug-likeness (QED) is 0.201. The molecule has 0 atom stereocenters. The van der Waals surface area contributed by atoms with Crippen LogP contribution in [0.1, 0.15) is 64.2 Å². The Kier molecular flexibility index (Phi) is 8.19. The molecule has 5 nitrogen and oxygen atoms in total. The summed E-state index contributed by atoms with van der Waals surface area (Å²) < 4.78 is 37.2. The van der Waals surface area contributed by atoms with Crippen molar-refractivity contribution in [1.82, 2.24) is 0 Å². The molecule has 0 amide bonds. The van der Waals surface area contributed by atoms with E-state index in [1.54, 1.807) is 0 Å². The fraction of sp³-hybridized carbons (Fsp3) is 0.938. The van der Waals surface area contributed by atoms with E-state index in [1.165, 1.54) is 0 Å². The van der Waals surface area contributed by atoms with Crippen molar-refractivity contribution in [3.8, 4) is 0 Å². The zero-order chi connectivity index (χ0) is 17.4. The van der Waals surface area contributed by atoms with Crippen molar-refractivity contribution < 1.29 is 32.6 Å².